The molecule has 4 aromatic rings. The van der Waals surface area contributed by atoms with Crippen LogP contribution in [-0.2, 0) is 29.2 Å². The lowest BCUT2D eigenvalue weighted by atomic mass is 9.65. The number of nitrogens with one attached hydrogen (secondary N) is 2. The number of fused-ring (bicyclic) bond motifs is 2. The Kier molecular flexibility index (Phi) is 10.4. The molecule has 0 aromatic heterocycles. The molecule has 4 aromatic carbocycles. The van der Waals surface area contributed by atoms with Crippen molar-refractivity contribution in [3.63, 3.8) is 0 Å². The molecule has 2 amide bonds. The van der Waals surface area contributed by atoms with E-state index >= 15 is 0 Å². The van der Waals surface area contributed by atoms with E-state index in [1.54, 1.807) is 0 Å². The molecule has 0 radical (unpaired) electrons. The van der Waals surface area contributed by atoms with Crippen molar-refractivity contribution in [1.29, 1.82) is 0 Å². The lowest BCUT2D eigenvalue weighted by Gasteiger charge is -2.43. The molecule has 3 N–H and O–H groups in total. The molecule has 2 saturated heterocycles. The number of benzene rings is 4. The Morgan fingerprint density at radius 2 is 1.47 bits per heavy atom. The number of aliphatic hydroxyl groups excluding tert-OH is 1. The third-order valence-corrected chi connectivity index (χ3v) is 11.2. The zero-order valence-electron chi connectivity index (χ0n) is 30.5. The Bertz CT molecular complexity index is 1790. The number of carbonyl (C=O) groups is 1. The van der Waals surface area contributed by atoms with E-state index in [9.17, 15) is 9.90 Å². The smallest absolute Gasteiger partial charge is 0.315 e. The molecule has 268 valence electrons. The van der Waals surface area contributed by atoms with Gasteiger partial charge in [-0.15, -0.1) is 0 Å². The molecule has 2 heterocycles. The molecule has 7 rings (SSSR count). The summed E-state index contributed by atoms with van der Waals surface area (Å²) >= 11 is 0. The van der Waals surface area contributed by atoms with Gasteiger partial charge in [0.2, 0.25) is 0 Å². The highest BCUT2D eigenvalue weighted by atomic mass is 16.7. The van der Waals surface area contributed by atoms with Gasteiger partial charge in [-0.1, -0.05) is 119 Å². The molecule has 2 aliphatic heterocycles. The number of ether oxygens (including phenoxy) is 2. The fraction of sp³-hybridized carbons (Fsp3) is 0.432. The van der Waals surface area contributed by atoms with Crippen molar-refractivity contribution in [2.75, 3.05) is 13.1 Å². The lowest BCUT2D eigenvalue weighted by Crippen LogP contribution is -2.46. The second kappa shape index (κ2) is 14.9. The summed E-state index contributed by atoms with van der Waals surface area (Å²) in [5.74, 6) is 0.139. The van der Waals surface area contributed by atoms with Gasteiger partial charge in [-0.25, -0.2) is 4.79 Å². The summed E-state index contributed by atoms with van der Waals surface area (Å²) in [6, 6.07) is 35.2. The first-order valence-corrected chi connectivity index (χ1v) is 18.6. The molecular formula is C44H53N3O4. The third kappa shape index (κ3) is 8.39. The van der Waals surface area contributed by atoms with Crippen LogP contribution in [0.1, 0.15) is 87.2 Å². The quantitative estimate of drug-likeness (QED) is 0.156. The number of aliphatic hydroxyl groups is 1. The largest absolute Gasteiger partial charge is 0.392 e. The zero-order chi connectivity index (χ0) is 35.6. The van der Waals surface area contributed by atoms with Crippen molar-refractivity contribution < 1.29 is 19.4 Å². The van der Waals surface area contributed by atoms with Crippen molar-refractivity contribution in [3.05, 3.63) is 131 Å². The highest BCUT2D eigenvalue weighted by Crippen LogP contribution is 2.53. The van der Waals surface area contributed by atoms with E-state index in [0.717, 1.165) is 52.0 Å². The van der Waals surface area contributed by atoms with E-state index in [1.807, 2.05) is 54.6 Å². The maximum Gasteiger partial charge on any atom is 0.315 e. The van der Waals surface area contributed by atoms with Crippen molar-refractivity contribution in [2.24, 2.45) is 16.7 Å². The molecule has 6 unspecified atom stereocenters. The number of likely N-dealkylation sites (tertiary alicyclic amines) is 1. The number of rotatable bonds is 10. The summed E-state index contributed by atoms with van der Waals surface area (Å²) in [6.07, 6.45) is 3.07. The van der Waals surface area contributed by atoms with E-state index in [1.165, 1.54) is 19.3 Å². The molecule has 2 bridgehead atoms. The first-order valence-electron chi connectivity index (χ1n) is 18.6. The van der Waals surface area contributed by atoms with Gasteiger partial charge >= 0.3 is 6.03 Å². The first kappa shape index (κ1) is 35.4. The van der Waals surface area contributed by atoms with Gasteiger partial charge in [-0.05, 0) is 75.6 Å². The van der Waals surface area contributed by atoms with Crippen LogP contribution in [0.5, 0.6) is 0 Å². The van der Waals surface area contributed by atoms with Crippen LogP contribution in [-0.4, -0.2) is 41.3 Å². The molecule has 7 nitrogen and oxygen atoms in total. The monoisotopic (exact) mass is 687 g/mol. The zero-order valence-corrected chi connectivity index (χ0v) is 30.5. The van der Waals surface area contributed by atoms with Gasteiger partial charge in [0.25, 0.3) is 0 Å². The Morgan fingerprint density at radius 1 is 0.784 bits per heavy atom. The van der Waals surface area contributed by atoms with Crippen LogP contribution in [0.15, 0.2) is 103 Å². The third-order valence-electron chi connectivity index (χ3n) is 11.2. The Labute approximate surface area is 303 Å². The molecular weight excluding hydrogens is 635 g/mol. The van der Waals surface area contributed by atoms with E-state index in [2.05, 4.69) is 91.8 Å². The highest BCUT2D eigenvalue weighted by Gasteiger charge is 2.51. The fourth-order valence-electron chi connectivity index (χ4n) is 9.10. The van der Waals surface area contributed by atoms with Gasteiger partial charge in [0.15, 0.2) is 6.29 Å². The topological polar surface area (TPSA) is 83.1 Å². The second-order valence-electron chi connectivity index (χ2n) is 16.3. The molecule has 3 aliphatic rings. The van der Waals surface area contributed by atoms with Gasteiger partial charge in [-0.2, -0.15) is 0 Å². The minimum atomic E-state index is -0.527. The molecule has 1 aliphatic carbocycles. The number of hydrogen-bond donors (Lipinski definition) is 3. The number of carbonyl (C=O) groups excluding carboxylic acids is 1. The Balaban J connectivity index is 1.08. The number of nitrogens with zero attached hydrogens (tertiary/aromatic N) is 1. The van der Waals surface area contributed by atoms with Crippen molar-refractivity contribution >= 4 is 6.03 Å². The molecule has 1 saturated carbocycles. The van der Waals surface area contributed by atoms with Crippen LogP contribution < -0.4 is 10.6 Å². The molecule has 3 fully saturated rings. The highest BCUT2D eigenvalue weighted by molar-refractivity contribution is 5.74. The minimum absolute atomic E-state index is 0.0107. The normalized spacial score (nSPS) is 27.2. The average Bonchev–Trinajstić information content (AvgIpc) is 3.38. The second-order valence-corrected chi connectivity index (χ2v) is 16.3. The Hall–Kier alpha value is -4.01. The molecule has 7 heteroatoms. The average molecular weight is 688 g/mol. The van der Waals surface area contributed by atoms with E-state index < -0.39 is 6.29 Å². The van der Waals surface area contributed by atoms with Gasteiger partial charge in [0.1, 0.15) is 0 Å². The number of urea groups is 1. The van der Waals surface area contributed by atoms with Crippen LogP contribution in [0.2, 0.25) is 0 Å². The van der Waals surface area contributed by atoms with Crippen LogP contribution in [0.4, 0.5) is 4.79 Å². The van der Waals surface area contributed by atoms with Crippen molar-refractivity contribution in [2.45, 2.75) is 91.2 Å². The first-order chi connectivity index (χ1) is 24.6. The standard InChI is InChI=1S/C44H53N3O4/c1-30-39(26-47-29-44(4)23-38(47)22-43(2,3)28-44)50-41(51-40(30)34-18-16-32(27-48)17-19-34)37-15-9-14-36(21-37)35-13-8-12-33(20-35)25-46-42(49)45-24-31-10-6-5-7-11-31/h5-21,30,38-41,48H,22-29H2,1-4H3,(H2,45,46,49). The van der Waals surface area contributed by atoms with Crippen LogP contribution >= 0.6 is 0 Å². The number of amides is 2. The summed E-state index contributed by atoms with van der Waals surface area (Å²) in [4.78, 5) is 15.2. The predicted molar refractivity (Wildman–Crippen MR) is 201 cm³/mol. The Morgan fingerprint density at radius 3 is 2.22 bits per heavy atom. The molecule has 51 heavy (non-hydrogen) atoms. The SMILES string of the molecule is CC1C(CN2CC3(C)CC2CC(C)(C)C3)OC(c2cccc(-c3cccc(CNC(=O)NCc4ccccc4)c3)c2)OC1c1ccc(CO)cc1. The summed E-state index contributed by atoms with van der Waals surface area (Å²) in [6.45, 7) is 12.5. The number of hydrogen-bond acceptors (Lipinski definition) is 5. The summed E-state index contributed by atoms with van der Waals surface area (Å²) in [7, 11) is 0. The van der Waals surface area contributed by atoms with E-state index in [0.29, 0.717) is 30.0 Å². The minimum Gasteiger partial charge on any atom is -0.392 e. The van der Waals surface area contributed by atoms with Gasteiger partial charge in [0.05, 0.1) is 18.8 Å². The predicted octanol–water partition coefficient (Wildman–Crippen LogP) is 8.54. The summed E-state index contributed by atoms with van der Waals surface area (Å²) in [5.41, 5.74) is 7.91. The van der Waals surface area contributed by atoms with Crippen molar-refractivity contribution in [3.8, 4) is 11.1 Å². The lowest BCUT2D eigenvalue weighted by molar-refractivity contribution is -0.276. The van der Waals surface area contributed by atoms with Gasteiger partial charge in [0, 0.05) is 43.7 Å². The fourth-order valence-corrected chi connectivity index (χ4v) is 9.10. The maximum atomic E-state index is 12.5. The summed E-state index contributed by atoms with van der Waals surface area (Å²) in [5, 5.41) is 15.6. The van der Waals surface area contributed by atoms with Crippen LogP contribution in [0, 0.1) is 16.7 Å². The summed E-state index contributed by atoms with van der Waals surface area (Å²) < 4.78 is 13.8. The van der Waals surface area contributed by atoms with Gasteiger partial charge < -0.3 is 25.2 Å². The van der Waals surface area contributed by atoms with E-state index in [-0.39, 0.29) is 30.8 Å². The molecule has 6 atom stereocenters. The maximum absolute atomic E-state index is 12.5. The van der Waals surface area contributed by atoms with E-state index in [4.69, 9.17) is 9.47 Å². The van der Waals surface area contributed by atoms with Crippen LogP contribution in [0.25, 0.3) is 11.1 Å². The van der Waals surface area contributed by atoms with Crippen molar-refractivity contribution in [1.82, 2.24) is 15.5 Å². The van der Waals surface area contributed by atoms with Crippen LogP contribution in [0.3, 0.4) is 0 Å². The molecule has 0 spiro atoms. The van der Waals surface area contributed by atoms with Gasteiger partial charge in [-0.3, -0.25) is 4.90 Å².